The van der Waals surface area contributed by atoms with E-state index < -0.39 is 0 Å². The standard InChI is InChI=1S/C17H24N2/c1-5-8-15-9-6-7-10-17(15)18-12-16-11-13(2)19(4)14(16)3/h6-7,9-11,18H,5,8,12H2,1-4H3. The number of benzene rings is 1. The van der Waals surface area contributed by atoms with Gasteiger partial charge in [-0.2, -0.15) is 0 Å². The molecule has 2 rings (SSSR count). The first kappa shape index (κ1) is 13.7. The number of para-hydroxylation sites is 1. The molecule has 2 nitrogen and oxygen atoms in total. The van der Waals surface area contributed by atoms with Gasteiger partial charge in [0.1, 0.15) is 0 Å². The summed E-state index contributed by atoms with van der Waals surface area (Å²) in [5.41, 5.74) is 6.72. The van der Waals surface area contributed by atoms with Crippen LogP contribution in [0.1, 0.15) is 35.9 Å². The number of rotatable bonds is 5. The fraction of sp³-hybridized carbons (Fsp3) is 0.412. The highest BCUT2D eigenvalue weighted by atomic mass is 15.0. The molecule has 0 aliphatic carbocycles. The van der Waals surface area contributed by atoms with Gasteiger partial charge in [-0.1, -0.05) is 31.5 Å². The number of aryl methyl sites for hydroxylation is 2. The highest BCUT2D eigenvalue weighted by Crippen LogP contribution is 2.19. The minimum atomic E-state index is 0.897. The minimum Gasteiger partial charge on any atom is -0.381 e. The fourth-order valence-corrected chi connectivity index (χ4v) is 2.48. The van der Waals surface area contributed by atoms with Crippen molar-refractivity contribution in [1.29, 1.82) is 0 Å². The zero-order valence-corrected chi connectivity index (χ0v) is 12.5. The van der Waals surface area contributed by atoms with Crippen molar-refractivity contribution < 1.29 is 0 Å². The van der Waals surface area contributed by atoms with Crippen molar-refractivity contribution in [3.05, 3.63) is 52.8 Å². The van der Waals surface area contributed by atoms with E-state index in [9.17, 15) is 0 Å². The van der Waals surface area contributed by atoms with Crippen molar-refractivity contribution >= 4 is 5.69 Å². The average molecular weight is 256 g/mol. The molecule has 1 aromatic carbocycles. The van der Waals surface area contributed by atoms with Crippen LogP contribution >= 0.6 is 0 Å². The van der Waals surface area contributed by atoms with Crippen molar-refractivity contribution in [2.75, 3.05) is 5.32 Å². The Labute approximate surface area is 116 Å². The van der Waals surface area contributed by atoms with E-state index in [2.05, 4.69) is 68.0 Å². The number of nitrogens with zero attached hydrogens (tertiary/aromatic N) is 1. The largest absolute Gasteiger partial charge is 0.381 e. The Balaban J connectivity index is 2.12. The molecule has 0 saturated carbocycles. The summed E-state index contributed by atoms with van der Waals surface area (Å²) in [6.45, 7) is 7.46. The molecule has 0 aliphatic rings. The van der Waals surface area contributed by atoms with Crippen LogP contribution in [-0.2, 0) is 20.0 Å². The van der Waals surface area contributed by atoms with Gasteiger partial charge < -0.3 is 9.88 Å². The van der Waals surface area contributed by atoms with Crippen LogP contribution in [0, 0.1) is 13.8 Å². The van der Waals surface area contributed by atoms with E-state index >= 15 is 0 Å². The second-order valence-corrected chi connectivity index (χ2v) is 5.22. The van der Waals surface area contributed by atoms with Crippen LogP contribution in [0.5, 0.6) is 0 Å². The summed E-state index contributed by atoms with van der Waals surface area (Å²) in [5, 5.41) is 3.58. The third kappa shape index (κ3) is 3.01. The maximum Gasteiger partial charge on any atom is 0.0418 e. The van der Waals surface area contributed by atoms with Crippen LogP contribution in [0.15, 0.2) is 30.3 Å². The predicted molar refractivity (Wildman–Crippen MR) is 82.7 cm³/mol. The summed E-state index contributed by atoms with van der Waals surface area (Å²) in [6.07, 6.45) is 2.32. The van der Waals surface area contributed by atoms with Gasteiger partial charge in [0, 0.05) is 30.7 Å². The third-order valence-corrected chi connectivity index (χ3v) is 3.89. The molecule has 2 heteroatoms. The van der Waals surface area contributed by atoms with E-state index in [4.69, 9.17) is 0 Å². The Kier molecular flexibility index (Phi) is 4.31. The normalized spacial score (nSPS) is 10.7. The third-order valence-electron chi connectivity index (χ3n) is 3.89. The molecule has 0 radical (unpaired) electrons. The number of aromatic nitrogens is 1. The molecule has 0 atom stereocenters. The first-order valence-electron chi connectivity index (χ1n) is 7.07. The Morgan fingerprint density at radius 3 is 2.47 bits per heavy atom. The van der Waals surface area contributed by atoms with Crippen LogP contribution in [0.2, 0.25) is 0 Å². The minimum absolute atomic E-state index is 0.897. The Morgan fingerprint density at radius 2 is 1.84 bits per heavy atom. The van der Waals surface area contributed by atoms with Crippen LogP contribution < -0.4 is 5.32 Å². The molecule has 0 spiro atoms. The average Bonchev–Trinajstić information content (AvgIpc) is 2.66. The molecule has 0 fully saturated rings. The van der Waals surface area contributed by atoms with Crippen molar-refractivity contribution in [2.24, 2.45) is 7.05 Å². The number of nitrogens with one attached hydrogen (secondary N) is 1. The molecule has 0 bridgehead atoms. The molecule has 2 aromatic rings. The van der Waals surface area contributed by atoms with Crippen LogP contribution in [0.3, 0.4) is 0 Å². The summed E-state index contributed by atoms with van der Waals surface area (Å²) in [6, 6.07) is 10.9. The van der Waals surface area contributed by atoms with E-state index in [-0.39, 0.29) is 0 Å². The second kappa shape index (κ2) is 5.96. The van der Waals surface area contributed by atoms with Crippen LogP contribution in [0.4, 0.5) is 5.69 Å². The van der Waals surface area contributed by atoms with Crippen molar-refractivity contribution in [1.82, 2.24) is 4.57 Å². The van der Waals surface area contributed by atoms with E-state index in [1.807, 2.05) is 0 Å². The second-order valence-electron chi connectivity index (χ2n) is 5.22. The maximum absolute atomic E-state index is 3.58. The lowest BCUT2D eigenvalue weighted by Gasteiger charge is -2.11. The van der Waals surface area contributed by atoms with Gasteiger partial charge >= 0.3 is 0 Å². The quantitative estimate of drug-likeness (QED) is 0.848. The predicted octanol–water partition coefficient (Wildman–Crippen LogP) is 4.21. The fourth-order valence-electron chi connectivity index (χ4n) is 2.48. The van der Waals surface area contributed by atoms with Crippen LogP contribution in [0.25, 0.3) is 0 Å². The molecule has 0 unspecified atom stereocenters. The Morgan fingerprint density at radius 1 is 1.11 bits per heavy atom. The van der Waals surface area contributed by atoms with Gasteiger partial charge in [-0.05, 0) is 43.5 Å². The molecule has 102 valence electrons. The molecular weight excluding hydrogens is 232 g/mol. The first-order chi connectivity index (χ1) is 9.13. The van der Waals surface area contributed by atoms with E-state index in [0.717, 1.165) is 13.0 Å². The Bertz CT molecular complexity index is 552. The van der Waals surface area contributed by atoms with Crippen molar-refractivity contribution in [3.63, 3.8) is 0 Å². The SMILES string of the molecule is CCCc1ccccc1NCc1cc(C)n(C)c1C. The summed E-state index contributed by atoms with van der Waals surface area (Å²) in [5.74, 6) is 0. The highest BCUT2D eigenvalue weighted by Gasteiger charge is 2.06. The van der Waals surface area contributed by atoms with Gasteiger partial charge in [0.05, 0.1) is 0 Å². The van der Waals surface area contributed by atoms with Gasteiger partial charge in [0.25, 0.3) is 0 Å². The lowest BCUT2D eigenvalue weighted by atomic mass is 10.1. The van der Waals surface area contributed by atoms with E-state index in [1.165, 1.54) is 34.6 Å². The number of hydrogen-bond acceptors (Lipinski definition) is 1. The molecule has 0 aliphatic heterocycles. The van der Waals surface area contributed by atoms with Crippen molar-refractivity contribution in [2.45, 2.75) is 40.2 Å². The summed E-state index contributed by atoms with van der Waals surface area (Å²) >= 11 is 0. The topological polar surface area (TPSA) is 17.0 Å². The molecule has 1 heterocycles. The summed E-state index contributed by atoms with van der Waals surface area (Å²) in [7, 11) is 2.12. The van der Waals surface area contributed by atoms with E-state index in [1.54, 1.807) is 0 Å². The van der Waals surface area contributed by atoms with Gasteiger partial charge in [-0.15, -0.1) is 0 Å². The molecular formula is C17H24N2. The number of hydrogen-bond donors (Lipinski definition) is 1. The summed E-state index contributed by atoms with van der Waals surface area (Å²) in [4.78, 5) is 0. The highest BCUT2D eigenvalue weighted by molar-refractivity contribution is 5.51. The number of anilines is 1. The van der Waals surface area contributed by atoms with Gasteiger partial charge in [0.2, 0.25) is 0 Å². The Hall–Kier alpha value is -1.70. The molecule has 19 heavy (non-hydrogen) atoms. The van der Waals surface area contributed by atoms with Crippen molar-refractivity contribution in [3.8, 4) is 0 Å². The monoisotopic (exact) mass is 256 g/mol. The first-order valence-corrected chi connectivity index (χ1v) is 7.07. The lowest BCUT2D eigenvalue weighted by Crippen LogP contribution is -2.03. The molecule has 0 amide bonds. The van der Waals surface area contributed by atoms with Gasteiger partial charge in [-0.3, -0.25) is 0 Å². The molecule has 1 aromatic heterocycles. The molecule has 1 N–H and O–H groups in total. The van der Waals surface area contributed by atoms with Gasteiger partial charge in [-0.25, -0.2) is 0 Å². The summed E-state index contributed by atoms with van der Waals surface area (Å²) < 4.78 is 2.25. The van der Waals surface area contributed by atoms with E-state index in [0.29, 0.717) is 0 Å². The zero-order valence-electron chi connectivity index (χ0n) is 12.5. The smallest absolute Gasteiger partial charge is 0.0418 e. The van der Waals surface area contributed by atoms with Crippen LogP contribution in [-0.4, -0.2) is 4.57 Å². The lowest BCUT2D eigenvalue weighted by molar-refractivity contribution is 0.836. The molecule has 0 saturated heterocycles. The van der Waals surface area contributed by atoms with Gasteiger partial charge in [0.15, 0.2) is 0 Å². The zero-order chi connectivity index (χ0) is 13.8. The maximum atomic E-state index is 3.58.